The Balaban J connectivity index is 1.58. The second kappa shape index (κ2) is 9.64. The monoisotopic (exact) mass is 406 g/mol. The van der Waals surface area contributed by atoms with Crippen LogP contribution >= 0.6 is 11.6 Å². The number of rotatable bonds is 7. The van der Waals surface area contributed by atoms with Crippen molar-refractivity contribution in [3.8, 4) is 5.75 Å². The largest absolute Gasteiger partial charge is 0.495 e. The van der Waals surface area contributed by atoms with Crippen LogP contribution in [0.15, 0.2) is 27.7 Å². The molecule has 28 heavy (non-hydrogen) atoms. The number of halogens is 1. The summed E-state index contributed by atoms with van der Waals surface area (Å²) in [5.74, 6) is 2.88. The van der Waals surface area contributed by atoms with E-state index in [2.05, 4.69) is 37.6 Å². The van der Waals surface area contributed by atoms with Crippen molar-refractivity contribution in [2.45, 2.75) is 32.7 Å². The first kappa shape index (κ1) is 20.3. The quantitative estimate of drug-likeness (QED) is 0.539. The number of aromatic nitrogens is 2. The van der Waals surface area contributed by atoms with Crippen LogP contribution in [0.25, 0.3) is 0 Å². The summed E-state index contributed by atoms with van der Waals surface area (Å²) >= 11 is 6.18. The number of nitrogens with one attached hydrogen (secondary N) is 2. The van der Waals surface area contributed by atoms with Crippen LogP contribution in [0.4, 0.5) is 5.69 Å². The van der Waals surface area contributed by atoms with E-state index in [9.17, 15) is 0 Å². The van der Waals surface area contributed by atoms with E-state index in [1.807, 2.05) is 25.1 Å². The van der Waals surface area contributed by atoms with Gasteiger partial charge < -0.3 is 24.8 Å². The molecule has 2 N–H and O–H groups in total. The van der Waals surface area contributed by atoms with E-state index in [-0.39, 0.29) is 6.04 Å². The Morgan fingerprint density at radius 2 is 2.32 bits per heavy atom. The van der Waals surface area contributed by atoms with E-state index >= 15 is 0 Å². The molecule has 0 saturated carbocycles. The molecule has 1 unspecified atom stereocenters. The van der Waals surface area contributed by atoms with Crippen LogP contribution in [0, 0.1) is 6.92 Å². The van der Waals surface area contributed by atoms with E-state index in [4.69, 9.17) is 20.9 Å². The molecule has 1 saturated heterocycles. The van der Waals surface area contributed by atoms with Crippen LogP contribution in [-0.2, 0) is 6.42 Å². The third kappa shape index (κ3) is 5.28. The van der Waals surface area contributed by atoms with E-state index in [1.165, 1.54) is 0 Å². The highest BCUT2D eigenvalue weighted by atomic mass is 35.5. The maximum atomic E-state index is 6.18. The molecular formula is C19H27ClN6O2. The number of guanidine groups is 1. The molecule has 1 aromatic heterocycles. The number of hydrogen-bond donors (Lipinski definition) is 2. The third-order valence-corrected chi connectivity index (χ3v) is 4.76. The standard InChI is InChI=1S/C19H27ClN6O2/c1-4-21-19(22-9-7-18-23-13(2)25-28-18)24-15-8-10-26(12-15)16-11-14(20)5-6-17(16)27-3/h5-6,11,15H,4,7-10,12H2,1-3H3,(H2,21,22,24). The lowest BCUT2D eigenvalue weighted by atomic mass is 10.2. The van der Waals surface area contributed by atoms with Crippen LogP contribution in [0.1, 0.15) is 25.1 Å². The molecule has 0 spiro atoms. The summed E-state index contributed by atoms with van der Waals surface area (Å²) in [5.41, 5.74) is 1.02. The first-order valence-corrected chi connectivity index (χ1v) is 9.89. The fourth-order valence-corrected chi connectivity index (χ4v) is 3.39. The highest BCUT2D eigenvalue weighted by Crippen LogP contribution is 2.33. The highest BCUT2D eigenvalue weighted by molar-refractivity contribution is 6.30. The molecule has 0 radical (unpaired) electrons. The topological polar surface area (TPSA) is 87.8 Å². The highest BCUT2D eigenvalue weighted by Gasteiger charge is 2.25. The number of aliphatic imine (C=N–C) groups is 1. The van der Waals surface area contributed by atoms with Gasteiger partial charge in [0.15, 0.2) is 11.8 Å². The lowest BCUT2D eigenvalue weighted by molar-refractivity contribution is 0.376. The number of anilines is 1. The summed E-state index contributed by atoms with van der Waals surface area (Å²) in [5, 5.41) is 11.3. The van der Waals surface area contributed by atoms with Crippen LogP contribution < -0.4 is 20.3 Å². The Morgan fingerprint density at radius 1 is 1.46 bits per heavy atom. The second-order valence-electron chi connectivity index (χ2n) is 6.64. The van der Waals surface area contributed by atoms with Crippen LogP contribution in [-0.4, -0.2) is 55.4 Å². The van der Waals surface area contributed by atoms with Crippen molar-refractivity contribution in [3.63, 3.8) is 0 Å². The van der Waals surface area contributed by atoms with Crippen molar-refractivity contribution in [2.24, 2.45) is 4.99 Å². The summed E-state index contributed by atoms with van der Waals surface area (Å²) in [7, 11) is 1.68. The van der Waals surface area contributed by atoms with Gasteiger partial charge in [0.25, 0.3) is 0 Å². The molecule has 1 atom stereocenters. The number of aryl methyl sites for hydroxylation is 1. The molecular weight excluding hydrogens is 380 g/mol. The van der Waals surface area contributed by atoms with Crippen LogP contribution in [0.2, 0.25) is 5.02 Å². The minimum atomic E-state index is 0.284. The summed E-state index contributed by atoms with van der Waals surface area (Å²) < 4.78 is 10.6. The zero-order chi connectivity index (χ0) is 19.9. The molecule has 8 nitrogen and oxygen atoms in total. The maximum absolute atomic E-state index is 6.18. The Bertz CT molecular complexity index is 809. The lowest BCUT2D eigenvalue weighted by Gasteiger charge is -2.22. The maximum Gasteiger partial charge on any atom is 0.228 e. The van der Waals surface area contributed by atoms with Crippen molar-refractivity contribution in [2.75, 3.05) is 38.2 Å². The van der Waals surface area contributed by atoms with Crippen molar-refractivity contribution in [1.29, 1.82) is 0 Å². The van der Waals surface area contributed by atoms with Crippen molar-refractivity contribution in [3.05, 3.63) is 34.9 Å². The molecule has 0 amide bonds. The van der Waals surface area contributed by atoms with Crippen molar-refractivity contribution < 1.29 is 9.26 Å². The van der Waals surface area contributed by atoms with Gasteiger partial charge in [-0.05, 0) is 38.5 Å². The fraction of sp³-hybridized carbons (Fsp3) is 0.526. The Labute approximate surface area is 170 Å². The second-order valence-corrected chi connectivity index (χ2v) is 7.07. The smallest absolute Gasteiger partial charge is 0.228 e. The van der Waals surface area contributed by atoms with Crippen LogP contribution in [0.5, 0.6) is 5.75 Å². The molecule has 2 heterocycles. The first-order chi connectivity index (χ1) is 13.6. The van der Waals surface area contributed by atoms with Gasteiger partial charge in [-0.2, -0.15) is 4.98 Å². The van der Waals surface area contributed by atoms with Gasteiger partial charge in [0.2, 0.25) is 5.89 Å². The molecule has 1 fully saturated rings. The molecule has 1 aliphatic heterocycles. The van der Waals surface area contributed by atoms with Gasteiger partial charge in [0.05, 0.1) is 19.3 Å². The summed E-state index contributed by atoms with van der Waals surface area (Å²) in [6.07, 6.45) is 1.62. The fourth-order valence-electron chi connectivity index (χ4n) is 3.23. The van der Waals surface area contributed by atoms with Crippen LogP contribution in [0.3, 0.4) is 0 Å². The molecule has 3 rings (SSSR count). The predicted octanol–water partition coefficient (Wildman–Crippen LogP) is 2.42. The van der Waals surface area contributed by atoms with E-state index in [0.29, 0.717) is 29.7 Å². The number of hydrogen-bond acceptors (Lipinski definition) is 6. The van der Waals surface area contributed by atoms with Crippen molar-refractivity contribution >= 4 is 23.2 Å². The molecule has 0 bridgehead atoms. The van der Waals surface area contributed by atoms with Gasteiger partial charge in [-0.1, -0.05) is 16.8 Å². The zero-order valence-corrected chi connectivity index (χ0v) is 17.3. The van der Waals surface area contributed by atoms with E-state index in [0.717, 1.165) is 43.5 Å². The van der Waals surface area contributed by atoms with Gasteiger partial charge in [-0.15, -0.1) is 0 Å². The van der Waals surface area contributed by atoms with E-state index < -0.39 is 0 Å². The minimum absolute atomic E-state index is 0.284. The summed E-state index contributed by atoms with van der Waals surface area (Å²) in [4.78, 5) is 11.1. The Hall–Kier alpha value is -2.48. The molecule has 1 aromatic carbocycles. The average molecular weight is 407 g/mol. The molecule has 0 aliphatic carbocycles. The van der Waals surface area contributed by atoms with Gasteiger partial charge >= 0.3 is 0 Å². The van der Waals surface area contributed by atoms with Gasteiger partial charge in [0.1, 0.15) is 5.75 Å². The first-order valence-electron chi connectivity index (χ1n) is 9.51. The van der Waals surface area contributed by atoms with Gasteiger partial charge in [0, 0.05) is 37.1 Å². The van der Waals surface area contributed by atoms with Crippen molar-refractivity contribution in [1.82, 2.24) is 20.8 Å². The number of ether oxygens (including phenoxy) is 1. The summed E-state index contributed by atoms with van der Waals surface area (Å²) in [6.45, 7) is 7.01. The third-order valence-electron chi connectivity index (χ3n) is 4.52. The SMILES string of the molecule is CCNC(=NCCc1nc(C)no1)NC1CCN(c2cc(Cl)ccc2OC)C1. The molecule has 1 aliphatic rings. The number of nitrogens with zero attached hydrogens (tertiary/aromatic N) is 4. The average Bonchev–Trinajstić information content (AvgIpc) is 3.31. The Kier molecular flexibility index (Phi) is 6.97. The molecule has 2 aromatic rings. The van der Waals surface area contributed by atoms with Gasteiger partial charge in [-0.25, -0.2) is 0 Å². The lowest BCUT2D eigenvalue weighted by Crippen LogP contribution is -2.44. The predicted molar refractivity (Wildman–Crippen MR) is 110 cm³/mol. The molecule has 9 heteroatoms. The minimum Gasteiger partial charge on any atom is -0.495 e. The molecule has 152 valence electrons. The zero-order valence-electron chi connectivity index (χ0n) is 16.5. The Morgan fingerprint density at radius 3 is 3.04 bits per heavy atom. The van der Waals surface area contributed by atoms with E-state index in [1.54, 1.807) is 7.11 Å². The number of methoxy groups -OCH3 is 1. The van der Waals surface area contributed by atoms with Gasteiger partial charge in [-0.3, -0.25) is 4.99 Å². The summed E-state index contributed by atoms with van der Waals surface area (Å²) in [6, 6.07) is 5.99. The normalized spacial score (nSPS) is 17.1. The number of benzene rings is 1.